The van der Waals surface area contributed by atoms with Crippen LogP contribution in [0, 0.1) is 0 Å². The number of carbonyl (C=O) groups is 1. The van der Waals surface area contributed by atoms with Gasteiger partial charge in [0.2, 0.25) is 11.9 Å². The van der Waals surface area contributed by atoms with E-state index in [1.165, 1.54) is 12.4 Å². The number of nitrogens with zero attached hydrogens (tertiary/aromatic N) is 2. The van der Waals surface area contributed by atoms with E-state index in [-0.39, 0.29) is 11.9 Å². The molecule has 0 fully saturated rings. The molecule has 0 aliphatic rings. The maximum atomic E-state index is 11.4. The van der Waals surface area contributed by atoms with Crippen LogP contribution in [0.4, 0.5) is 5.95 Å². The topological polar surface area (TPSA) is 66.9 Å². The molecule has 0 saturated carbocycles. The first-order valence-corrected chi connectivity index (χ1v) is 6.00. The normalized spacial score (nSPS) is 11.9. The Morgan fingerprint density at radius 3 is 2.71 bits per heavy atom. The SMILES string of the molecule is CCC(C)NC(=O)CCNc1ncc(Cl)cn1. The minimum Gasteiger partial charge on any atom is -0.354 e. The van der Waals surface area contributed by atoms with Gasteiger partial charge in [0.15, 0.2) is 0 Å². The van der Waals surface area contributed by atoms with Gasteiger partial charge in [-0.25, -0.2) is 9.97 Å². The Kier molecular flexibility index (Phi) is 5.69. The van der Waals surface area contributed by atoms with Crippen molar-refractivity contribution in [1.29, 1.82) is 0 Å². The third kappa shape index (κ3) is 5.49. The van der Waals surface area contributed by atoms with Crippen molar-refractivity contribution in [3.8, 4) is 0 Å². The van der Waals surface area contributed by atoms with E-state index in [1.807, 2.05) is 13.8 Å². The Morgan fingerprint density at radius 1 is 1.47 bits per heavy atom. The quantitative estimate of drug-likeness (QED) is 0.815. The van der Waals surface area contributed by atoms with Gasteiger partial charge in [-0.1, -0.05) is 18.5 Å². The molecule has 1 aromatic heterocycles. The zero-order valence-corrected chi connectivity index (χ0v) is 10.8. The standard InChI is InChI=1S/C11H17ClN4O/c1-3-8(2)16-10(17)4-5-13-11-14-6-9(12)7-15-11/h6-8H,3-5H2,1-2H3,(H,16,17)(H,13,14,15). The highest BCUT2D eigenvalue weighted by Gasteiger charge is 2.05. The molecule has 2 N–H and O–H groups in total. The zero-order chi connectivity index (χ0) is 12.7. The van der Waals surface area contributed by atoms with Crippen LogP contribution < -0.4 is 10.6 Å². The average Bonchev–Trinajstić information content (AvgIpc) is 2.31. The van der Waals surface area contributed by atoms with E-state index in [9.17, 15) is 4.79 Å². The molecule has 6 heteroatoms. The molecule has 0 aliphatic heterocycles. The zero-order valence-electron chi connectivity index (χ0n) is 10.0. The van der Waals surface area contributed by atoms with E-state index >= 15 is 0 Å². The predicted molar refractivity (Wildman–Crippen MR) is 68.0 cm³/mol. The largest absolute Gasteiger partial charge is 0.354 e. The molecule has 0 saturated heterocycles. The molecule has 1 heterocycles. The molecule has 1 atom stereocenters. The van der Waals surface area contributed by atoms with E-state index in [0.29, 0.717) is 23.9 Å². The fourth-order valence-electron chi connectivity index (χ4n) is 1.14. The highest BCUT2D eigenvalue weighted by Crippen LogP contribution is 2.05. The summed E-state index contributed by atoms with van der Waals surface area (Å²) in [6.07, 6.45) is 4.35. The number of hydrogen-bond donors (Lipinski definition) is 2. The first-order chi connectivity index (χ1) is 8.11. The summed E-state index contributed by atoms with van der Waals surface area (Å²) < 4.78 is 0. The molecule has 0 radical (unpaired) electrons. The molecular weight excluding hydrogens is 240 g/mol. The minimum atomic E-state index is 0.0285. The second-order valence-electron chi connectivity index (χ2n) is 3.78. The highest BCUT2D eigenvalue weighted by atomic mass is 35.5. The molecule has 1 unspecified atom stereocenters. The summed E-state index contributed by atoms with van der Waals surface area (Å²) in [5.41, 5.74) is 0. The maximum absolute atomic E-state index is 11.4. The number of anilines is 1. The molecule has 5 nitrogen and oxygen atoms in total. The number of amides is 1. The summed E-state index contributed by atoms with van der Waals surface area (Å²) in [6.45, 7) is 4.52. The van der Waals surface area contributed by atoms with Gasteiger partial charge in [0.1, 0.15) is 0 Å². The Morgan fingerprint density at radius 2 is 2.12 bits per heavy atom. The third-order valence-corrected chi connectivity index (χ3v) is 2.47. The van der Waals surface area contributed by atoms with E-state index in [1.54, 1.807) is 0 Å². The molecule has 17 heavy (non-hydrogen) atoms. The lowest BCUT2D eigenvalue weighted by Crippen LogP contribution is -2.33. The third-order valence-electron chi connectivity index (χ3n) is 2.28. The Hall–Kier alpha value is -1.36. The Labute approximate surface area is 106 Å². The van der Waals surface area contributed by atoms with Gasteiger partial charge in [0, 0.05) is 19.0 Å². The molecular formula is C11H17ClN4O. The lowest BCUT2D eigenvalue weighted by Gasteiger charge is -2.11. The van der Waals surface area contributed by atoms with E-state index in [4.69, 9.17) is 11.6 Å². The number of rotatable bonds is 6. The molecule has 0 bridgehead atoms. The number of hydrogen-bond acceptors (Lipinski definition) is 4. The summed E-state index contributed by atoms with van der Waals surface area (Å²) in [6, 6.07) is 0.217. The monoisotopic (exact) mass is 256 g/mol. The van der Waals surface area contributed by atoms with Crippen LogP contribution >= 0.6 is 11.6 Å². The van der Waals surface area contributed by atoms with Gasteiger partial charge in [0.05, 0.1) is 17.4 Å². The van der Waals surface area contributed by atoms with Crippen molar-refractivity contribution in [2.24, 2.45) is 0 Å². The van der Waals surface area contributed by atoms with Crippen molar-refractivity contribution in [3.05, 3.63) is 17.4 Å². The number of nitrogens with one attached hydrogen (secondary N) is 2. The van der Waals surface area contributed by atoms with Crippen LogP contribution in [0.25, 0.3) is 0 Å². The first kappa shape index (κ1) is 13.7. The molecule has 1 aromatic rings. The van der Waals surface area contributed by atoms with Crippen molar-refractivity contribution in [3.63, 3.8) is 0 Å². The molecule has 0 aromatic carbocycles. The van der Waals surface area contributed by atoms with Crippen molar-refractivity contribution < 1.29 is 4.79 Å². The number of halogens is 1. The fraction of sp³-hybridized carbons (Fsp3) is 0.545. The lowest BCUT2D eigenvalue weighted by atomic mass is 10.2. The van der Waals surface area contributed by atoms with Gasteiger partial charge >= 0.3 is 0 Å². The van der Waals surface area contributed by atoms with E-state index in [2.05, 4.69) is 20.6 Å². The fourth-order valence-corrected chi connectivity index (χ4v) is 1.24. The molecule has 1 rings (SSSR count). The van der Waals surface area contributed by atoms with Gasteiger partial charge in [-0.3, -0.25) is 4.79 Å². The average molecular weight is 257 g/mol. The van der Waals surface area contributed by atoms with Crippen LogP contribution in [0.5, 0.6) is 0 Å². The van der Waals surface area contributed by atoms with Gasteiger partial charge in [-0.15, -0.1) is 0 Å². The lowest BCUT2D eigenvalue weighted by molar-refractivity contribution is -0.121. The van der Waals surface area contributed by atoms with E-state index < -0.39 is 0 Å². The summed E-state index contributed by atoms with van der Waals surface area (Å²) in [5, 5.41) is 6.33. The molecule has 94 valence electrons. The summed E-state index contributed by atoms with van der Waals surface area (Å²) in [4.78, 5) is 19.4. The molecule has 1 amide bonds. The Balaban J connectivity index is 2.23. The first-order valence-electron chi connectivity index (χ1n) is 5.62. The minimum absolute atomic E-state index is 0.0285. The summed E-state index contributed by atoms with van der Waals surface area (Å²) >= 11 is 5.65. The van der Waals surface area contributed by atoms with Crippen LogP contribution in [-0.4, -0.2) is 28.5 Å². The van der Waals surface area contributed by atoms with Gasteiger partial charge < -0.3 is 10.6 Å². The summed E-state index contributed by atoms with van der Waals surface area (Å²) in [5.74, 6) is 0.506. The van der Waals surface area contributed by atoms with Crippen LogP contribution in [-0.2, 0) is 4.79 Å². The second kappa shape index (κ2) is 7.06. The van der Waals surface area contributed by atoms with Crippen LogP contribution in [0.3, 0.4) is 0 Å². The highest BCUT2D eigenvalue weighted by molar-refractivity contribution is 6.30. The van der Waals surface area contributed by atoms with E-state index in [0.717, 1.165) is 6.42 Å². The van der Waals surface area contributed by atoms with Crippen molar-refractivity contribution >= 4 is 23.5 Å². The predicted octanol–water partition coefficient (Wildman–Crippen LogP) is 1.85. The number of carbonyl (C=O) groups excluding carboxylic acids is 1. The van der Waals surface area contributed by atoms with Crippen LogP contribution in [0.1, 0.15) is 26.7 Å². The van der Waals surface area contributed by atoms with Gasteiger partial charge in [-0.2, -0.15) is 0 Å². The number of aromatic nitrogens is 2. The Bertz CT molecular complexity index is 355. The van der Waals surface area contributed by atoms with Crippen LogP contribution in [0.15, 0.2) is 12.4 Å². The van der Waals surface area contributed by atoms with Crippen molar-refractivity contribution in [1.82, 2.24) is 15.3 Å². The van der Waals surface area contributed by atoms with Gasteiger partial charge in [0.25, 0.3) is 0 Å². The maximum Gasteiger partial charge on any atom is 0.222 e. The second-order valence-corrected chi connectivity index (χ2v) is 4.21. The van der Waals surface area contributed by atoms with Crippen molar-refractivity contribution in [2.75, 3.05) is 11.9 Å². The summed E-state index contributed by atoms with van der Waals surface area (Å²) in [7, 11) is 0. The smallest absolute Gasteiger partial charge is 0.222 e. The van der Waals surface area contributed by atoms with Gasteiger partial charge in [-0.05, 0) is 13.3 Å². The molecule has 0 spiro atoms. The molecule has 0 aliphatic carbocycles. The van der Waals surface area contributed by atoms with Crippen LogP contribution in [0.2, 0.25) is 5.02 Å². The van der Waals surface area contributed by atoms with Crippen molar-refractivity contribution in [2.45, 2.75) is 32.7 Å².